The van der Waals surface area contributed by atoms with Gasteiger partial charge in [-0.1, -0.05) is 32.0 Å². The molecule has 0 aliphatic carbocycles. The van der Waals surface area contributed by atoms with Crippen molar-refractivity contribution in [1.82, 2.24) is 0 Å². The number of rotatable bonds is 3. The second-order valence-electron chi connectivity index (χ2n) is 5.80. The lowest BCUT2D eigenvalue weighted by atomic mass is 9.86. The monoisotopic (exact) mass is 247 g/mol. The van der Waals surface area contributed by atoms with Gasteiger partial charge in [-0.25, -0.2) is 0 Å². The Morgan fingerprint density at radius 2 is 1.72 bits per heavy atom. The molecule has 1 aliphatic heterocycles. The predicted octanol–water partition coefficient (Wildman–Crippen LogP) is 3.61. The number of anilines is 1. The molecule has 1 N–H and O–H groups in total. The summed E-state index contributed by atoms with van der Waals surface area (Å²) in [6.07, 6.45) is 2.15. The third kappa shape index (κ3) is 2.86. The van der Waals surface area contributed by atoms with E-state index >= 15 is 0 Å². The molecule has 18 heavy (non-hydrogen) atoms. The highest BCUT2D eigenvalue weighted by atomic mass is 16.3. The highest BCUT2D eigenvalue weighted by Crippen LogP contribution is 2.31. The highest BCUT2D eigenvalue weighted by Gasteiger charge is 2.23. The Hall–Kier alpha value is -1.02. The van der Waals surface area contributed by atoms with Crippen LogP contribution in [0.1, 0.15) is 45.3 Å². The molecule has 1 aromatic rings. The van der Waals surface area contributed by atoms with Crippen LogP contribution in [0.4, 0.5) is 5.69 Å². The van der Waals surface area contributed by atoms with E-state index in [1.807, 2.05) is 19.1 Å². The number of para-hydroxylation sites is 1. The van der Waals surface area contributed by atoms with Crippen molar-refractivity contribution in [3.63, 3.8) is 0 Å². The van der Waals surface area contributed by atoms with Crippen molar-refractivity contribution in [2.75, 3.05) is 18.0 Å². The molecule has 0 aromatic heterocycles. The van der Waals surface area contributed by atoms with Gasteiger partial charge in [0.2, 0.25) is 0 Å². The zero-order valence-corrected chi connectivity index (χ0v) is 11.8. The minimum Gasteiger partial charge on any atom is -0.389 e. The van der Waals surface area contributed by atoms with Gasteiger partial charge in [-0.2, -0.15) is 0 Å². The zero-order chi connectivity index (χ0) is 13.1. The first-order valence-corrected chi connectivity index (χ1v) is 7.11. The Labute approximate surface area is 111 Å². The molecule has 0 amide bonds. The van der Waals surface area contributed by atoms with Crippen molar-refractivity contribution in [2.45, 2.75) is 39.7 Å². The van der Waals surface area contributed by atoms with E-state index in [9.17, 15) is 5.11 Å². The molecule has 0 bridgehead atoms. The van der Waals surface area contributed by atoms with Gasteiger partial charge in [-0.3, -0.25) is 0 Å². The summed E-state index contributed by atoms with van der Waals surface area (Å²) in [5.74, 6) is 1.65. The standard InChI is InChI=1S/C16H25NO/c1-12(2)14-8-10-17(11-9-14)16-7-5-4-6-15(16)13(3)18/h4-7,12-14,18H,8-11H2,1-3H3/t13-/m0/s1. The summed E-state index contributed by atoms with van der Waals surface area (Å²) >= 11 is 0. The average Bonchev–Trinajstić information content (AvgIpc) is 2.39. The van der Waals surface area contributed by atoms with Crippen LogP contribution in [0.3, 0.4) is 0 Å². The third-order valence-electron chi connectivity index (χ3n) is 4.21. The molecule has 0 spiro atoms. The molecule has 1 atom stereocenters. The van der Waals surface area contributed by atoms with Crippen LogP contribution >= 0.6 is 0 Å². The Bertz CT molecular complexity index is 378. The van der Waals surface area contributed by atoms with E-state index in [4.69, 9.17) is 0 Å². The number of benzene rings is 1. The van der Waals surface area contributed by atoms with Crippen LogP contribution in [0.25, 0.3) is 0 Å². The van der Waals surface area contributed by atoms with Gasteiger partial charge in [-0.15, -0.1) is 0 Å². The van der Waals surface area contributed by atoms with E-state index in [2.05, 4.69) is 30.9 Å². The second-order valence-corrected chi connectivity index (χ2v) is 5.80. The fourth-order valence-corrected chi connectivity index (χ4v) is 2.94. The van der Waals surface area contributed by atoms with E-state index in [1.54, 1.807) is 0 Å². The van der Waals surface area contributed by atoms with Gasteiger partial charge in [0, 0.05) is 24.3 Å². The van der Waals surface area contributed by atoms with Gasteiger partial charge in [-0.05, 0) is 37.7 Å². The second kappa shape index (κ2) is 5.75. The van der Waals surface area contributed by atoms with E-state index in [0.29, 0.717) is 0 Å². The molecule has 1 aliphatic rings. The summed E-state index contributed by atoms with van der Waals surface area (Å²) in [6.45, 7) is 8.73. The molecule has 2 heteroatoms. The molecule has 2 nitrogen and oxygen atoms in total. The smallest absolute Gasteiger partial charge is 0.0781 e. The number of aliphatic hydroxyl groups excluding tert-OH is 1. The minimum absolute atomic E-state index is 0.385. The quantitative estimate of drug-likeness (QED) is 0.882. The van der Waals surface area contributed by atoms with E-state index in [1.165, 1.54) is 18.5 Å². The number of hydrogen-bond donors (Lipinski definition) is 1. The molecule has 0 radical (unpaired) electrons. The van der Waals surface area contributed by atoms with Crippen molar-refractivity contribution < 1.29 is 5.11 Å². The Morgan fingerprint density at radius 1 is 1.11 bits per heavy atom. The van der Waals surface area contributed by atoms with Gasteiger partial charge in [0.15, 0.2) is 0 Å². The van der Waals surface area contributed by atoms with Crippen LogP contribution in [0, 0.1) is 11.8 Å². The van der Waals surface area contributed by atoms with Crippen molar-refractivity contribution in [3.05, 3.63) is 29.8 Å². The molecule has 100 valence electrons. The van der Waals surface area contributed by atoms with Crippen molar-refractivity contribution in [1.29, 1.82) is 0 Å². The third-order valence-corrected chi connectivity index (χ3v) is 4.21. The van der Waals surface area contributed by atoms with Crippen LogP contribution in [0.15, 0.2) is 24.3 Å². The predicted molar refractivity (Wildman–Crippen MR) is 76.9 cm³/mol. The Kier molecular flexibility index (Phi) is 4.28. The van der Waals surface area contributed by atoms with Crippen molar-refractivity contribution in [2.24, 2.45) is 11.8 Å². The molecule has 1 saturated heterocycles. The fraction of sp³-hybridized carbons (Fsp3) is 0.625. The maximum Gasteiger partial charge on any atom is 0.0781 e. The lowest BCUT2D eigenvalue weighted by molar-refractivity contribution is 0.199. The first kappa shape index (κ1) is 13.4. The first-order chi connectivity index (χ1) is 8.59. The largest absolute Gasteiger partial charge is 0.389 e. The lowest BCUT2D eigenvalue weighted by Crippen LogP contribution is -2.35. The summed E-state index contributed by atoms with van der Waals surface area (Å²) in [7, 11) is 0. The van der Waals surface area contributed by atoms with Crippen molar-refractivity contribution in [3.8, 4) is 0 Å². The summed E-state index contributed by atoms with van der Waals surface area (Å²) < 4.78 is 0. The number of hydrogen-bond acceptors (Lipinski definition) is 2. The first-order valence-electron chi connectivity index (χ1n) is 7.11. The van der Waals surface area contributed by atoms with Gasteiger partial charge in [0.1, 0.15) is 0 Å². The molecule has 2 rings (SSSR count). The number of nitrogens with zero attached hydrogens (tertiary/aromatic N) is 1. The zero-order valence-electron chi connectivity index (χ0n) is 11.8. The molecule has 1 heterocycles. The number of piperidine rings is 1. The van der Waals surface area contributed by atoms with Crippen LogP contribution < -0.4 is 4.90 Å². The molecule has 1 aromatic carbocycles. The topological polar surface area (TPSA) is 23.5 Å². The lowest BCUT2D eigenvalue weighted by Gasteiger charge is -2.36. The van der Waals surface area contributed by atoms with Crippen LogP contribution in [0.5, 0.6) is 0 Å². The SMILES string of the molecule is CC(C)C1CCN(c2ccccc2[C@H](C)O)CC1. The minimum atomic E-state index is -0.385. The van der Waals surface area contributed by atoms with Crippen LogP contribution in [-0.4, -0.2) is 18.2 Å². The van der Waals surface area contributed by atoms with Gasteiger partial charge >= 0.3 is 0 Å². The summed E-state index contributed by atoms with van der Waals surface area (Å²) in [5, 5.41) is 9.85. The summed E-state index contributed by atoms with van der Waals surface area (Å²) in [5.41, 5.74) is 2.27. The van der Waals surface area contributed by atoms with E-state index in [-0.39, 0.29) is 6.10 Å². The van der Waals surface area contributed by atoms with Crippen molar-refractivity contribution >= 4 is 5.69 Å². The molecular formula is C16H25NO. The van der Waals surface area contributed by atoms with Gasteiger partial charge in [0.25, 0.3) is 0 Å². The highest BCUT2D eigenvalue weighted by molar-refractivity contribution is 5.54. The number of aliphatic hydroxyl groups is 1. The molecular weight excluding hydrogens is 222 g/mol. The maximum absolute atomic E-state index is 9.85. The maximum atomic E-state index is 9.85. The molecule has 1 fully saturated rings. The van der Waals surface area contributed by atoms with Gasteiger partial charge in [0.05, 0.1) is 6.10 Å². The Balaban J connectivity index is 2.10. The van der Waals surface area contributed by atoms with Crippen LogP contribution in [-0.2, 0) is 0 Å². The van der Waals surface area contributed by atoms with Crippen LogP contribution in [0.2, 0.25) is 0 Å². The summed E-state index contributed by atoms with van der Waals surface area (Å²) in [6, 6.07) is 8.24. The Morgan fingerprint density at radius 3 is 2.28 bits per heavy atom. The van der Waals surface area contributed by atoms with E-state index < -0.39 is 0 Å². The fourth-order valence-electron chi connectivity index (χ4n) is 2.94. The van der Waals surface area contributed by atoms with Gasteiger partial charge < -0.3 is 10.0 Å². The summed E-state index contributed by atoms with van der Waals surface area (Å²) in [4.78, 5) is 2.43. The average molecular weight is 247 g/mol. The van der Waals surface area contributed by atoms with E-state index in [0.717, 1.165) is 30.5 Å². The normalized spacial score (nSPS) is 19.3. The molecule has 0 saturated carbocycles. The molecule has 0 unspecified atom stereocenters.